The van der Waals surface area contributed by atoms with Crippen molar-refractivity contribution in [1.82, 2.24) is 9.97 Å². The number of benzene rings is 3. The Hall–Kier alpha value is -2.39. The minimum Gasteiger partial charge on any atom is -1.00 e. The number of quaternary nitrogens is 1. The third-order valence-electron chi connectivity index (χ3n) is 5.35. The number of nitrogens with one attached hydrogen (secondary N) is 2. The van der Waals surface area contributed by atoms with Crippen molar-refractivity contribution in [2.24, 2.45) is 0 Å². The van der Waals surface area contributed by atoms with Crippen LogP contribution in [-0.2, 0) is 0 Å². The van der Waals surface area contributed by atoms with E-state index in [4.69, 9.17) is 4.74 Å². The van der Waals surface area contributed by atoms with Gasteiger partial charge in [0, 0.05) is 32.6 Å². The molecule has 7 heteroatoms. The van der Waals surface area contributed by atoms with Crippen molar-refractivity contribution < 1.29 is 42.0 Å². The van der Waals surface area contributed by atoms with Gasteiger partial charge in [-0.3, -0.25) is 0 Å². The van der Waals surface area contributed by atoms with Crippen molar-refractivity contribution in [2.75, 3.05) is 34.3 Å². The summed E-state index contributed by atoms with van der Waals surface area (Å²) in [6.45, 7) is 1.34. The monoisotopic (exact) mass is 521 g/mol. The maximum Gasteiger partial charge on any atom is 0.167 e. The van der Waals surface area contributed by atoms with Gasteiger partial charge < -0.3 is 43.2 Å². The van der Waals surface area contributed by atoms with Crippen LogP contribution in [0.1, 0.15) is 0 Å². The SMILES string of the molecule is C[N+](C)(C)CCOc1c2[nH]c3ccc(F)cc3c2cc2c1[nH]c1ccc(F)cc12.[I-]. The number of nitrogens with zero attached hydrogens (tertiary/aromatic N) is 1. The van der Waals surface area contributed by atoms with Gasteiger partial charge in [-0.2, -0.15) is 0 Å². The first-order chi connectivity index (χ1) is 13.8. The van der Waals surface area contributed by atoms with Crippen molar-refractivity contribution in [3.63, 3.8) is 0 Å². The Morgan fingerprint density at radius 3 is 1.73 bits per heavy atom. The van der Waals surface area contributed by atoms with Crippen molar-refractivity contribution in [1.29, 1.82) is 0 Å². The molecule has 0 aliphatic carbocycles. The normalized spacial score (nSPS) is 12.2. The predicted octanol–water partition coefficient (Wildman–Crippen LogP) is 2.32. The fourth-order valence-corrected chi connectivity index (χ4v) is 3.86. The molecule has 5 rings (SSSR count). The molecule has 0 saturated heterocycles. The molecular weight excluding hydrogens is 499 g/mol. The van der Waals surface area contributed by atoms with Gasteiger partial charge in [-0.1, -0.05) is 0 Å². The molecule has 2 heterocycles. The first-order valence-corrected chi connectivity index (χ1v) is 9.58. The third kappa shape index (κ3) is 3.50. The molecule has 0 spiro atoms. The molecule has 0 saturated carbocycles. The summed E-state index contributed by atoms with van der Waals surface area (Å²) in [4.78, 5) is 6.76. The van der Waals surface area contributed by atoms with E-state index >= 15 is 0 Å². The number of rotatable bonds is 4. The highest BCUT2D eigenvalue weighted by Crippen LogP contribution is 2.41. The molecule has 0 bridgehead atoms. The average Bonchev–Trinajstić information content (AvgIpc) is 3.18. The van der Waals surface area contributed by atoms with Crippen LogP contribution in [0.5, 0.6) is 5.75 Å². The van der Waals surface area contributed by atoms with Crippen LogP contribution in [0.2, 0.25) is 0 Å². The van der Waals surface area contributed by atoms with E-state index in [1.807, 2.05) is 6.07 Å². The first-order valence-electron chi connectivity index (χ1n) is 9.58. The molecule has 0 radical (unpaired) electrons. The zero-order valence-electron chi connectivity index (χ0n) is 16.9. The van der Waals surface area contributed by atoms with Gasteiger partial charge in [-0.05, 0) is 42.5 Å². The van der Waals surface area contributed by atoms with Gasteiger partial charge in [0.25, 0.3) is 0 Å². The summed E-state index contributed by atoms with van der Waals surface area (Å²) >= 11 is 0. The first kappa shape index (κ1) is 20.9. The van der Waals surface area contributed by atoms with Crippen LogP contribution < -0.4 is 28.7 Å². The molecule has 30 heavy (non-hydrogen) atoms. The topological polar surface area (TPSA) is 40.8 Å². The number of likely N-dealkylation sites (N-methyl/N-ethyl adjacent to an activating group) is 1. The highest BCUT2D eigenvalue weighted by molar-refractivity contribution is 6.20. The maximum atomic E-state index is 13.9. The summed E-state index contributed by atoms with van der Waals surface area (Å²) < 4.78 is 34.9. The highest BCUT2D eigenvalue weighted by Gasteiger charge is 2.19. The van der Waals surface area contributed by atoms with Gasteiger partial charge in [-0.15, -0.1) is 0 Å². The van der Waals surface area contributed by atoms with Crippen molar-refractivity contribution in [3.05, 3.63) is 54.1 Å². The molecule has 0 fully saturated rings. The molecule has 2 N–H and O–H groups in total. The molecule has 5 aromatic rings. The smallest absolute Gasteiger partial charge is 0.167 e. The lowest BCUT2D eigenvalue weighted by molar-refractivity contribution is -0.870. The van der Waals surface area contributed by atoms with Crippen LogP contribution in [0.3, 0.4) is 0 Å². The second-order valence-corrected chi connectivity index (χ2v) is 8.54. The summed E-state index contributed by atoms with van der Waals surface area (Å²) in [7, 11) is 6.32. The Morgan fingerprint density at radius 1 is 0.767 bits per heavy atom. The number of hydrogen-bond donors (Lipinski definition) is 2. The average molecular weight is 521 g/mol. The van der Waals surface area contributed by atoms with Gasteiger partial charge in [0.05, 0.1) is 32.2 Å². The van der Waals surface area contributed by atoms with Crippen molar-refractivity contribution in [2.45, 2.75) is 0 Å². The van der Waals surface area contributed by atoms with E-state index in [0.717, 1.165) is 54.6 Å². The van der Waals surface area contributed by atoms with Crippen LogP contribution in [0, 0.1) is 11.6 Å². The van der Waals surface area contributed by atoms with Crippen LogP contribution in [-0.4, -0.2) is 48.7 Å². The van der Waals surface area contributed by atoms with E-state index in [1.54, 1.807) is 12.1 Å². The summed E-state index contributed by atoms with van der Waals surface area (Å²) in [5.74, 6) is 0.0890. The quantitative estimate of drug-likeness (QED) is 0.277. The van der Waals surface area contributed by atoms with Gasteiger partial charge in [0.1, 0.15) is 24.8 Å². The van der Waals surface area contributed by atoms with E-state index in [0.29, 0.717) is 12.4 Å². The lowest BCUT2D eigenvalue weighted by Crippen LogP contribution is -3.00. The molecule has 0 atom stereocenters. The van der Waals surface area contributed by atoms with Crippen molar-refractivity contribution >= 4 is 43.6 Å². The zero-order valence-corrected chi connectivity index (χ0v) is 19.1. The Morgan fingerprint density at radius 2 is 1.27 bits per heavy atom. The summed E-state index contributed by atoms with van der Waals surface area (Å²) in [6, 6.07) is 11.3. The Balaban J connectivity index is 0.00000218. The van der Waals surface area contributed by atoms with E-state index in [-0.39, 0.29) is 35.6 Å². The number of H-pyrrole nitrogens is 2. The lowest BCUT2D eigenvalue weighted by atomic mass is 10.1. The molecule has 2 aromatic heterocycles. The Kier molecular flexibility index (Phi) is 5.14. The fourth-order valence-electron chi connectivity index (χ4n) is 3.86. The summed E-state index contributed by atoms with van der Waals surface area (Å²) in [5, 5.41) is 3.28. The number of aromatic nitrogens is 2. The molecular formula is C23H22F2IN3O. The number of halogens is 3. The standard InChI is InChI=1S/C23H22F2N3O.HI/c1-28(2,3)8-9-29-23-21-17(15-10-13(24)4-6-19(15)26-21)12-18-16-11-14(25)5-7-20(16)27-22(18)23;/h4-7,10-12,26-27H,8-9H2,1-3H3;1H/q+1;/p-1. The zero-order chi connectivity index (χ0) is 20.3. The van der Waals surface area contributed by atoms with Crippen molar-refractivity contribution in [3.8, 4) is 5.75 Å². The van der Waals surface area contributed by atoms with Crippen LogP contribution in [0.25, 0.3) is 43.6 Å². The van der Waals surface area contributed by atoms with Gasteiger partial charge in [0.15, 0.2) is 5.75 Å². The van der Waals surface area contributed by atoms with Gasteiger partial charge >= 0.3 is 0 Å². The molecule has 156 valence electrons. The van der Waals surface area contributed by atoms with Crippen LogP contribution >= 0.6 is 0 Å². The van der Waals surface area contributed by atoms with E-state index < -0.39 is 0 Å². The molecule has 4 nitrogen and oxygen atoms in total. The molecule has 0 aliphatic heterocycles. The lowest BCUT2D eigenvalue weighted by Gasteiger charge is -2.23. The van der Waals surface area contributed by atoms with Crippen LogP contribution in [0.4, 0.5) is 8.78 Å². The summed E-state index contributed by atoms with van der Waals surface area (Å²) in [6.07, 6.45) is 0. The molecule has 3 aromatic carbocycles. The minimum absolute atomic E-state index is 0. The molecule has 0 aliphatic rings. The van der Waals surface area contributed by atoms with E-state index in [9.17, 15) is 8.78 Å². The number of aromatic amines is 2. The maximum absolute atomic E-state index is 13.9. The van der Waals surface area contributed by atoms with E-state index in [1.165, 1.54) is 24.3 Å². The number of ether oxygens (including phenoxy) is 1. The van der Waals surface area contributed by atoms with E-state index in [2.05, 4.69) is 31.1 Å². The second kappa shape index (κ2) is 7.39. The fraction of sp³-hybridized carbons (Fsp3) is 0.217. The minimum atomic E-state index is -0.295. The highest BCUT2D eigenvalue weighted by atomic mass is 127. The van der Waals surface area contributed by atoms with Crippen LogP contribution in [0.15, 0.2) is 42.5 Å². The Bertz CT molecular complexity index is 1300. The Labute approximate surface area is 189 Å². The number of fused-ring (bicyclic) bond motifs is 6. The van der Waals surface area contributed by atoms with Gasteiger partial charge in [0.2, 0.25) is 0 Å². The van der Waals surface area contributed by atoms with Gasteiger partial charge in [-0.25, -0.2) is 8.78 Å². The molecule has 0 amide bonds. The molecule has 0 unspecified atom stereocenters. The predicted molar refractivity (Wildman–Crippen MR) is 113 cm³/mol. The third-order valence-corrected chi connectivity index (χ3v) is 5.35. The largest absolute Gasteiger partial charge is 1.00 e. The number of hydrogen-bond acceptors (Lipinski definition) is 1. The summed E-state index contributed by atoms with van der Waals surface area (Å²) in [5.41, 5.74) is 3.29. The second-order valence-electron chi connectivity index (χ2n) is 8.54.